The van der Waals surface area contributed by atoms with Gasteiger partial charge in [0.25, 0.3) is 6.08 Å². The Morgan fingerprint density at radius 2 is 1.54 bits per heavy atom. The normalized spacial score (nSPS) is 11.1. The van der Waals surface area contributed by atoms with Gasteiger partial charge in [0, 0.05) is 22.6 Å². The van der Waals surface area contributed by atoms with E-state index in [9.17, 15) is 22.0 Å². The Morgan fingerprint density at radius 1 is 0.821 bits per heavy atom. The molecule has 0 aromatic heterocycles. The Hall–Kier alpha value is -2.69. The van der Waals surface area contributed by atoms with Gasteiger partial charge in [-0.05, 0) is 47.9 Å². The first-order valence-electron chi connectivity index (χ1n) is 9.09. The molecule has 5 heteroatoms. The summed E-state index contributed by atoms with van der Waals surface area (Å²) in [4.78, 5) is 0. The zero-order valence-corrected chi connectivity index (χ0v) is 15.3. The van der Waals surface area contributed by atoms with Gasteiger partial charge >= 0.3 is 0 Å². The first-order chi connectivity index (χ1) is 13.4. The predicted molar refractivity (Wildman–Crippen MR) is 102 cm³/mol. The maximum atomic E-state index is 14.3. The first kappa shape index (κ1) is 20.1. The largest absolute Gasteiger partial charge is 0.271 e. The van der Waals surface area contributed by atoms with E-state index in [2.05, 4.69) is 0 Å². The Bertz CT molecular complexity index is 1010. The van der Waals surface area contributed by atoms with Crippen LogP contribution in [-0.4, -0.2) is 0 Å². The van der Waals surface area contributed by atoms with Crippen LogP contribution in [0.3, 0.4) is 0 Å². The van der Waals surface area contributed by atoms with Crippen molar-refractivity contribution in [2.24, 2.45) is 0 Å². The average molecular weight is 390 g/mol. The van der Waals surface area contributed by atoms with Gasteiger partial charge in [-0.2, -0.15) is 8.78 Å². The van der Waals surface area contributed by atoms with Crippen LogP contribution in [-0.2, 0) is 19.3 Å². The summed E-state index contributed by atoms with van der Waals surface area (Å²) in [6, 6.07) is 10.4. The Kier molecular flexibility index (Phi) is 6.12. The van der Waals surface area contributed by atoms with Crippen molar-refractivity contribution in [2.75, 3.05) is 0 Å². The summed E-state index contributed by atoms with van der Waals surface area (Å²) in [5.41, 5.74) is 1.27. The molecule has 28 heavy (non-hydrogen) atoms. The Balaban J connectivity index is 1.83. The van der Waals surface area contributed by atoms with Crippen LogP contribution in [0, 0.1) is 17.5 Å². The molecule has 0 atom stereocenters. The summed E-state index contributed by atoms with van der Waals surface area (Å²) in [6.45, 7) is 1.94. The molecule has 0 radical (unpaired) electrons. The van der Waals surface area contributed by atoms with Crippen molar-refractivity contribution < 1.29 is 22.0 Å². The number of benzene rings is 3. The second-order valence-corrected chi connectivity index (χ2v) is 6.75. The van der Waals surface area contributed by atoms with Crippen LogP contribution < -0.4 is 0 Å². The van der Waals surface area contributed by atoms with Gasteiger partial charge in [0.1, 0.15) is 17.5 Å². The number of aryl methyl sites for hydroxylation is 2. The van der Waals surface area contributed by atoms with E-state index in [0.717, 1.165) is 12.0 Å². The van der Waals surface area contributed by atoms with Gasteiger partial charge in [0.05, 0.1) is 0 Å². The molecule has 0 aliphatic heterocycles. The van der Waals surface area contributed by atoms with Gasteiger partial charge in [-0.1, -0.05) is 43.7 Å². The van der Waals surface area contributed by atoms with Crippen LogP contribution in [0.15, 0.2) is 48.5 Å². The van der Waals surface area contributed by atoms with Crippen LogP contribution in [0.25, 0.3) is 16.8 Å². The van der Waals surface area contributed by atoms with E-state index in [-0.39, 0.29) is 22.9 Å². The van der Waals surface area contributed by atoms with Crippen molar-refractivity contribution >= 4 is 16.8 Å². The van der Waals surface area contributed by atoms with Crippen LogP contribution in [0.4, 0.5) is 22.0 Å². The van der Waals surface area contributed by atoms with Crippen molar-refractivity contribution in [1.82, 2.24) is 0 Å². The van der Waals surface area contributed by atoms with Crippen molar-refractivity contribution in [1.29, 1.82) is 0 Å². The minimum atomic E-state index is -1.97. The van der Waals surface area contributed by atoms with Gasteiger partial charge in [-0.3, -0.25) is 0 Å². The second kappa shape index (κ2) is 8.55. The molecule has 0 N–H and O–H groups in total. The summed E-state index contributed by atoms with van der Waals surface area (Å²) in [5.74, 6) is -1.83. The monoisotopic (exact) mass is 390 g/mol. The molecule has 3 aromatic carbocycles. The van der Waals surface area contributed by atoms with E-state index in [1.54, 1.807) is 18.2 Å². The van der Waals surface area contributed by atoms with E-state index >= 15 is 0 Å². The van der Waals surface area contributed by atoms with E-state index in [0.29, 0.717) is 29.9 Å². The van der Waals surface area contributed by atoms with Crippen LogP contribution >= 0.6 is 0 Å². The molecule has 0 saturated carbocycles. The molecule has 3 aromatic rings. The highest BCUT2D eigenvalue weighted by molar-refractivity contribution is 5.86. The molecule has 0 amide bonds. The fourth-order valence-corrected chi connectivity index (χ4v) is 3.34. The van der Waals surface area contributed by atoms with Crippen LogP contribution in [0.5, 0.6) is 0 Å². The molecule has 146 valence electrons. The number of hydrogen-bond donors (Lipinski definition) is 0. The lowest BCUT2D eigenvalue weighted by atomic mass is 9.98. The lowest BCUT2D eigenvalue weighted by Crippen LogP contribution is -2.01. The fraction of sp³-hybridized carbons (Fsp3) is 0.217. The number of hydrogen-bond acceptors (Lipinski definition) is 0. The molecule has 0 heterocycles. The van der Waals surface area contributed by atoms with E-state index < -0.39 is 23.5 Å². The maximum Gasteiger partial charge on any atom is 0.271 e. The van der Waals surface area contributed by atoms with Crippen LogP contribution in [0.1, 0.15) is 35.6 Å². The van der Waals surface area contributed by atoms with Gasteiger partial charge in [-0.25, -0.2) is 13.2 Å². The molecular formula is C23H19F5. The highest BCUT2D eigenvalue weighted by Crippen LogP contribution is 2.26. The van der Waals surface area contributed by atoms with Gasteiger partial charge in [0.2, 0.25) is 0 Å². The third-order valence-electron chi connectivity index (χ3n) is 4.72. The second-order valence-electron chi connectivity index (χ2n) is 6.75. The average Bonchev–Trinajstić information content (AvgIpc) is 2.63. The minimum Gasteiger partial charge on any atom is -0.207 e. The van der Waals surface area contributed by atoms with Gasteiger partial charge in [-0.15, -0.1) is 0 Å². The standard InChI is InChI=1S/C23H19F5/c1-2-3-15-11-20(24)19(21(25)12-15)9-5-14-4-8-18-16(10-14)6-7-17(23(18)28)13-22(26)27/h4,6-8,10-13H,2-3,5,9H2,1H3. The first-order valence-corrected chi connectivity index (χ1v) is 9.09. The Morgan fingerprint density at radius 3 is 2.18 bits per heavy atom. The van der Waals surface area contributed by atoms with Crippen molar-refractivity contribution in [3.05, 3.63) is 88.3 Å². The summed E-state index contributed by atoms with van der Waals surface area (Å²) in [5, 5.41) is 0.769. The van der Waals surface area contributed by atoms with Crippen molar-refractivity contribution in [3.63, 3.8) is 0 Å². The molecule has 0 aliphatic carbocycles. The van der Waals surface area contributed by atoms with E-state index in [4.69, 9.17) is 0 Å². The molecule has 0 saturated heterocycles. The third kappa shape index (κ3) is 4.41. The molecule has 0 fully saturated rings. The summed E-state index contributed by atoms with van der Waals surface area (Å²) in [6.07, 6.45) is 0.487. The smallest absolute Gasteiger partial charge is 0.207 e. The lowest BCUT2D eigenvalue weighted by molar-refractivity contribution is 0.429. The SMILES string of the molecule is CCCc1cc(F)c(CCc2ccc3c(F)c(C=C(F)F)ccc3c2)c(F)c1. The van der Waals surface area contributed by atoms with Crippen molar-refractivity contribution in [2.45, 2.75) is 32.6 Å². The zero-order chi connectivity index (χ0) is 20.3. The van der Waals surface area contributed by atoms with E-state index in [1.807, 2.05) is 6.92 Å². The number of rotatable bonds is 6. The predicted octanol–water partition coefficient (Wildman–Crippen LogP) is 7.23. The number of fused-ring (bicyclic) bond motifs is 1. The molecule has 0 nitrogen and oxygen atoms in total. The van der Waals surface area contributed by atoms with E-state index in [1.165, 1.54) is 24.3 Å². The molecular weight excluding hydrogens is 371 g/mol. The summed E-state index contributed by atoms with van der Waals surface area (Å²) in [7, 11) is 0. The highest BCUT2D eigenvalue weighted by atomic mass is 19.3. The van der Waals surface area contributed by atoms with Gasteiger partial charge in [0.15, 0.2) is 0 Å². The van der Waals surface area contributed by atoms with Crippen molar-refractivity contribution in [3.8, 4) is 0 Å². The van der Waals surface area contributed by atoms with Gasteiger partial charge < -0.3 is 0 Å². The maximum absolute atomic E-state index is 14.3. The van der Waals surface area contributed by atoms with Crippen LogP contribution in [0.2, 0.25) is 0 Å². The topological polar surface area (TPSA) is 0 Å². The lowest BCUT2D eigenvalue weighted by Gasteiger charge is -2.09. The minimum absolute atomic E-state index is 0.0324. The molecule has 3 rings (SSSR count). The molecule has 0 unspecified atom stereocenters. The quantitative estimate of drug-likeness (QED) is 0.389. The zero-order valence-electron chi connectivity index (χ0n) is 15.3. The molecule has 0 bridgehead atoms. The summed E-state index contributed by atoms with van der Waals surface area (Å²) >= 11 is 0. The molecule has 0 aliphatic rings. The Labute approximate surface area is 160 Å². The third-order valence-corrected chi connectivity index (χ3v) is 4.72. The highest BCUT2D eigenvalue weighted by Gasteiger charge is 2.12. The number of halogens is 5. The fourth-order valence-electron chi connectivity index (χ4n) is 3.34. The summed E-state index contributed by atoms with van der Waals surface area (Å²) < 4.78 is 67.6. The molecule has 0 spiro atoms.